The molecule has 2 N–H and O–H groups in total. The van der Waals surface area contributed by atoms with Gasteiger partial charge < -0.3 is 4.52 Å². The zero-order valence-corrected chi connectivity index (χ0v) is 9.85. The molecular weight excluding hydrogens is 231 g/mol. The van der Waals surface area contributed by atoms with Crippen LogP contribution in [-0.4, -0.2) is 15.6 Å². The first kappa shape index (κ1) is 12.9. The van der Waals surface area contributed by atoms with Crippen molar-refractivity contribution in [1.29, 1.82) is 0 Å². The summed E-state index contributed by atoms with van der Waals surface area (Å²) in [5, 5.41) is 0. The summed E-state index contributed by atoms with van der Waals surface area (Å²) in [5.41, 5.74) is 0.376. The lowest BCUT2D eigenvalue weighted by Gasteiger charge is -2.08. The minimum absolute atomic E-state index is 0.0140. The molecule has 6 heteroatoms. The maximum absolute atomic E-state index is 11.6. The lowest BCUT2D eigenvalue weighted by molar-refractivity contribution is 0.0939. The summed E-state index contributed by atoms with van der Waals surface area (Å²) in [7, 11) is -4.57. The molecule has 0 saturated heterocycles. The molecule has 88 valence electrons. The number of carbonyl (C=O) groups excluding carboxylic acids is 1. The van der Waals surface area contributed by atoms with Crippen molar-refractivity contribution >= 4 is 13.6 Å². The first-order valence-electron chi connectivity index (χ1n) is 4.69. The summed E-state index contributed by atoms with van der Waals surface area (Å²) >= 11 is 0. The highest BCUT2D eigenvalue weighted by molar-refractivity contribution is 7.46. The molecule has 1 aromatic rings. The summed E-state index contributed by atoms with van der Waals surface area (Å²) in [4.78, 5) is 28.8. The number of hydrogen-bond acceptors (Lipinski definition) is 3. The molecule has 0 amide bonds. The van der Waals surface area contributed by atoms with Gasteiger partial charge in [-0.3, -0.25) is 14.6 Å². The molecule has 0 aliphatic heterocycles. The zero-order chi connectivity index (χ0) is 12.3. The van der Waals surface area contributed by atoms with E-state index in [4.69, 9.17) is 9.79 Å². The molecule has 0 unspecified atom stereocenters. The van der Waals surface area contributed by atoms with Gasteiger partial charge in [0.2, 0.25) is 0 Å². The largest absolute Gasteiger partial charge is 0.524 e. The van der Waals surface area contributed by atoms with Crippen molar-refractivity contribution in [3.63, 3.8) is 0 Å². The fourth-order valence-corrected chi connectivity index (χ4v) is 1.56. The lowest BCUT2D eigenvalue weighted by atomic mass is 10.0. The van der Waals surface area contributed by atoms with Gasteiger partial charge >= 0.3 is 7.82 Å². The summed E-state index contributed by atoms with van der Waals surface area (Å²) in [6, 6.07) is 5.80. The Labute approximate surface area is 93.3 Å². The average Bonchev–Trinajstić information content (AvgIpc) is 2.14. The number of phosphoric acid groups is 1. The third kappa shape index (κ3) is 3.77. The molecule has 1 aromatic carbocycles. The number of carbonyl (C=O) groups is 1. The minimum Gasteiger partial charge on any atom is -0.404 e. The Hall–Kier alpha value is -1.16. The fraction of sp³-hybridized carbons (Fsp3) is 0.300. The molecule has 0 saturated carbocycles. The van der Waals surface area contributed by atoms with E-state index in [1.165, 1.54) is 18.2 Å². The Morgan fingerprint density at radius 3 is 2.50 bits per heavy atom. The van der Waals surface area contributed by atoms with E-state index in [1.807, 2.05) is 0 Å². The maximum Gasteiger partial charge on any atom is 0.524 e. The molecule has 0 aliphatic rings. The maximum atomic E-state index is 11.6. The van der Waals surface area contributed by atoms with Gasteiger partial charge in [0, 0.05) is 11.5 Å². The predicted octanol–water partition coefficient (Wildman–Crippen LogP) is 2.00. The molecule has 0 bridgehead atoms. The third-order valence-electron chi connectivity index (χ3n) is 1.87. The third-order valence-corrected chi connectivity index (χ3v) is 2.32. The number of rotatable bonds is 4. The van der Waals surface area contributed by atoms with Gasteiger partial charge in [-0.1, -0.05) is 26.0 Å². The van der Waals surface area contributed by atoms with Crippen LogP contribution in [0.15, 0.2) is 24.3 Å². The normalized spacial score (nSPS) is 11.6. The fourth-order valence-electron chi connectivity index (χ4n) is 1.18. The highest BCUT2D eigenvalue weighted by Crippen LogP contribution is 2.37. The summed E-state index contributed by atoms with van der Waals surface area (Å²) < 4.78 is 15.0. The molecule has 0 heterocycles. The zero-order valence-electron chi connectivity index (χ0n) is 8.95. The van der Waals surface area contributed by atoms with Crippen molar-refractivity contribution in [2.45, 2.75) is 13.8 Å². The Bertz CT molecular complexity index is 435. The Balaban J connectivity index is 2.96. The standard InChI is InChI=1S/C10H13O5P/c1-7(2)10(11)8-4-3-5-9(6-8)15-16(12,13)14/h3-7H,1-2H3,(H2,12,13,14). The van der Waals surface area contributed by atoms with Crippen molar-refractivity contribution in [2.24, 2.45) is 5.92 Å². The van der Waals surface area contributed by atoms with Gasteiger partial charge in [-0.15, -0.1) is 0 Å². The van der Waals surface area contributed by atoms with Crippen molar-refractivity contribution < 1.29 is 23.7 Å². The molecule has 0 fully saturated rings. The Kier molecular flexibility index (Phi) is 3.86. The molecule has 0 atom stereocenters. The summed E-state index contributed by atoms with van der Waals surface area (Å²) in [6.45, 7) is 3.50. The van der Waals surface area contributed by atoms with Gasteiger partial charge in [-0.05, 0) is 12.1 Å². The quantitative estimate of drug-likeness (QED) is 0.625. The average molecular weight is 244 g/mol. The van der Waals surface area contributed by atoms with Crippen LogP contribution in [-0.2, 0) is 4.57 Å². The van der Waals surface area contributed by atoms with E-state index >= 15 is 0 Å². The number of Topliss-reactive ketones (excluding diaryl/α,β-unsaturated/α-hetero) is 1. The van der Waals surface area contributed by atoms with E-state index in [0.717, 1.165) is 0 Å². The molecule has 5 nitrogen and oxygen atoms in total. The van der Waals surface area contributed by atoms with Crippen LogP contribution in [0.1, 0.15) is 24.2 Å². The second-order valence-electron chi connectivity index (χ2n) is 3.63. The number of benzene rings is 1. The first-order valence-corrected chi connectivity index (χ1v) is 6.22. The highest BCUT2D eigenvalue weighted by Gasteiger charge is 2.17. The molecule has 0 aromatic heterocycles. The van der Waals surface area contributed by atoms with E-state index in [2.05, 4.69) is 4.52 Å². The number of phosphoric ester groups is 1. The van der Waals surface area contributed by atoms with Crippen LogP contribution < -0.4 is 4.52 Å². The van der Waals surface area contributed by atoms with Crippen LogP contribution in [0.25, 0.3) is 0 Å². The van der Waals surface area contributed by atoms with Crippen LogP contribution >= 0.6 is 7.82 Å². The molecule has 0 aliphatic carbocycles. The van der Waals surface area contributed by atoms with Crippen LogP contribution in [0, 0.1) is 5.92 Å². The summed E-state index contributed by atoms with van der Waals surface area (Å²) in [5.74, 6) is -0.290. The van der Waals surface area contributed by atoms with Gasteiger partial charge in [0.1, 0.15) is 5.75 Å². The number of hydrogen-bond donors (Lipinski definition) is 2. The second-order valence-corrected chi connectivity index (χ2v) is 4.79. The minimum atomic E-state index is -4.57. The van der Waals surface area contributed by atoms with Crippen molar-refractivity contribution in [3.05, 3.63) is 29.8 Å². The van der Waals surface area contributed by atoms with E-state index in [9.17, 15) is 9.36 Å². The second kappa shape index (κ2) is 4.78. The van der Waals surface area contributed by atoms with Crippen LogP contribution in [0.3, 0.4) is 0 Å². The van der Waals surface area contributed by atoms with Crippen molar-refractivity contribution in [1.82, 2.24) is 0 Å². The van der Waals surface area contributed by atoms with E-state index in [-0.39, 0.29) is 17.5 Å². The molecule has 1 rings (SSSR count). The van der Waals surface area contributed by atoms with E-state index < -0.39 is 7.82 Å². The van der Waals surface area contributed by atoms with E-state index in [0.29, 0.717) is 5.56 Å². The van der Waals surface area contributed by atoms with Crippen LogP contribution in [0.4, 0.5) is 0 Å². The monoisotopic (exact) mass is 244 g/mol. The summed E-state index contributed by atoms with van der Waals surface area (Å²) in [6.07, 6.45) is 0. The molecular formula is C10H13O5P. The molecule has 0 spiro atoms. The molecule has 0 radical (unpaired) electrons. The van der Waals surface area contributed by atoms with Gasteiger partial charge in [0.05, 0.1) is 0 Å². The van der Waals surface area contributed by atoms with Gasteiger partial charge in [0.25, 0.3) is 0 Å². The SMILES string of the molecule is CC(C)C(=O)c1cccc(OP(=O)(O)O)c1. The Morgan fingerprint density at radius 1 is 1.38 bits per heavy atom. The van der Waals surface area contributed by atoms with Gasteiger partial charge in [0.15, 0.2) is 5.78 Å². The van der Waals surface area contributed by atoms with Gasteiger partial charge in [-0.2, -0.15) is 0 Å². The predicted molar refractivity (Wildman–Crippen MR) is 58.3 cm³/mol. The lowest BCUT2D eigenvalue weighted by Crippen LogP contribution is -2.07. The van der Waals surface area contributed by atoms with Crippen LogP contribution in [0.2, 0.25) is 0 Å². The Morgan fingerprint density at radius 2 is 2.00 bits per heavy atom. The smallest absolute Gasteiger partial charge is 0.404 e. The van der Waals surface area contributed by atoms with Crippen LogP contribution in [0.5, 0.6) is 5.75 Å². The molecule has 16 heavy (non-hydrogen) atoms. The highest BCUT2D eigenvalue weighted by atomic mass is 31.2. The number of ketones is 1. The van der Waals surface area contributed by atoms with Crippen molar-refractivity contribution in [3.8, 4) is 5.75 Å². The van der Waals surface area contributed by atoms with Gasteiger partial charge in [-0.25, -0.2) is 4.57 Å². The topological polar surface area (TPSA) is 83.8 Å². The van der Waals surface area contributed by atoms with Crippen molar-refractivity contribution in [2.75, 3.05) is 0 Å². The first-order chi connectivity index (χ1) is 7.29. The van der Waals surface area contributed by atoms with E-state index in [1.54, 1.807) is 19.9 Å².